The summed E-state index contributed by atoms with van der Waals surface area (Å²) >= 11 is 3.02. The van der Waals surface area contributed by atoms with E-state index in [1.54, 1.807) is 19.1 Å². The van der Waals surface area contributed by atoms with Gasteiger partial charge in [0.15, 0.2) is 0 Å². The molecule has 0 amide bonds. The largest absolute Gasteiger partial charge is 0.465 e. The van der Waals surface area contributed by atoms with Crippen LogP contribution in [0.1, 0.15) is 21.5 Å². The number of anilines is 1. The molecule has 0 saturated heterocycles. The molecule has 0 aliphatic heterocycles. The summed E-state index contributed by atoms with van der Waals surface area (Å²) < 4.78 is 46.3. The standard InChI is InChI=1S/C16H15BrFNO4S/c1-9-4-5-10(2)14(6-9)19-24(21,22)15-7-11(16(20)23-3)12(17)8-13(15)18/h4-8,19H,1-3H3. The van der Waals surface area contributed by atoms with Crippen LogP contribution in [-0.2, 0) is 14.8 Å². The second-order valence-electron chi connectivity index (χ2n) is 5.18. The van der Waals surface area contributed by atoms with Crippen molar-refractivity contribution in [1.82, 2.24) is 0 Å². The number of aryl methyl sites for hydroxylation is 2. The number of sulfonamides is 1. The van der Waals surface area contributed by atoms with Crippen LogP contribution in [0.2, 0.25) is 0 Å². The predicted molar refractivity (Wildman–Crippen MR) is 92.2 cm³/mol. The lowest BCUT2D eigenvalue weighted by Crippen LogP contribution is -2.17. The highest BCUT2D eigenvalue weighted by Crippen LogP contribution is 2.27. The summed E-state index contributed by atoms with van der Waals surface area (Å²) in [5.74, 6) is -1.75. The first-order valence-electron chi connectivity index (χ1n) is 6.83. The molecule has 2 aromatic carbocycles. The zero-order valence-electron chi connectivity index (χ0n) is 13.2. The number of benzene rings is 2. The molecule has 0 saturated carbocycles. The monoisotopic (exact) mass is 415 g/mol. The molecule has 0 aliphatic rings. The number of esters is 1. The number of rotatable bonds is 4. The van der Waals surface area contributed by atoms with Gasteiger partial charge in [0, 0.05) is 4.47 Å². The Morgan fingerprint density at radius 1 is 1.21 bits per heavy atom. The Bertz CT molecular complexity index is 913. The number of nitrogens with one attached hydrogen (secondary N) is 1. The van der Waals surface area contributed by atoms with Crippen LogP contribution in [0.15, 0.2) is 39.7 Å². The van der Waals surface area contributed by atoms with Gasteiger partial charge >= 0.3 is 5.97 Å². The molecule has 8 heteroatoms. The van der Waals surface area contributed by atoms with E-state index in [0.29, 0.717) is 11.3 Å². The van der Waals surface area contributed by atoms with Gasteiger partial charge in [0.1, 0.15) is 10.7 Å². The van der Waals surface area contributed by atoms with E-state index in [4.69, 9.17) is 0 Å². The maximum absolute atomic E-state index is 14.2. The molecule has 0 atom stereocenters. The van der Waals surface area contributed by atoms with Crippen LogP contribution in [0.5, 0.6) is 0 Å². The van der Waals surface area contributed by atoms with Crippen molar-refractivity contribution in [2.24, 2.45) is 0 Å². The number of hydrogen-bond acceptors (Lipinski definition) is 4. The number of ether oxygens (including phenoxy) is 1. The molecule has 0 radical (unpaired) electrons. The van der Waals surface area contributed by atoms with Crippen molar-refractivity contribution in [3.8, 4) is 0 Å². The molecule has 1 N–H and O–H groups in total. The Labute approximate surface area is 148 Å². The summed E-state index contributed by atoms with van der Waals surface area (Å²) in [4.78, 5) is 11.1. The average Bonchev–Trinajstić information content (AvgIpc) is 2.49. The van der Waals surface area contributed by atoms with Gasteiger partial charge in [0.2, 0.25) is 0 Å². The quantitative estimate of drug-likeness (QED) is 0.770. The highest BCUT2D eigenvalue weighted by Gasteiger charge is 2.24. The molecule has 0 bridgehead atoms. The average molecular weight is 416 g/mol. The van der Waals surface area contributed by atoms with Crippen molar-refractivity contribution >= 4 is 37.6 Å². The summed E-state index contributed by atoms with van der Waals surface area (Å²) in [6.07, 6.45) is 0. The first-order chi connectivity index (χ1) is 11.2. The van der Waals surface area contributed by atoms with Crippen LogP contribution < -0.4 is 4.72 Å². The van der Waals surface area contributed by atoms with Crippen LogP contribution in [0.25, 0.3) is 0 Å². The highest BCUT2D eigenvalue weighted by molar-refractivity contribution is 9.10. The summed E-state index contributed by atoms with van der Waals surface area (Å²) in [5, 5.41) is 0. The lowest BCUT2D eigenvalue weighted by atomic mass is 10.1. The van der Waals surface area contributed by atoms with Crippen molar-refractivity contribution in [2.45, 2.75) is 18.7 Å². The van der Waals surface area contributed by atoms with E-state index < -0.39 is 26.7 Å². The van der Waals surface area contributed by atoms with Crippen LogP contribution in [0, 0.1) is 19.7 Å². The molecule has 0 unspecified atom stereocenters. The smallest absolute Gasteiger partial charge is 0.339 e. The van der Waals surface area contributed by atoms with Gasteiger partial charge in [-0.15, -0.1) is 0 Å². The normalized spacial score (nSPS) is 11.2. The van der Waals surface area contributed by atoms with E-state index in [2.05, 4.69) is 25.4 Å². The molecule has 0 heterocycles. The van der Waals surface area contributed by atoms with E-state index in [1.807, 2.05) is 13.0 Å². The Morgan fingerprint density at radius 3 is 2.50 bits per heavy atom. The van der Waals surface area contributed by atoms with Gasteiger partial charge in [-0.1, -0.05) is 12.1 Å². The first-order valence-corrected chi connectivity index (χ1v) is 9.10. The number of hydrogen-bond donors (Lipinski definition) is 1. The molecule has 0 aromatic heterocycles. The number of halogens is 2. The predicted octanol–water partition coefficient (Wildman–Crippen LogP) is 3.79. The van der Waals surface area contributed by atoms with Crippen molar-refractivity contribution in [1.29, 1.82) is 0 Å². The summed E-state index contributed by atoms with van der Waals surface area (Å²) in [6, 6.07) is 7.10. The Kier molecular flexibility index (Phi) is 5.29. The van der Waals surface area contributed by atoms with E-state index in [0.717, 1.165) is 24.8 Å². The fourth-order valence-electron chi connectivity index (χ4n) is 2.05. The molecule has 2 aromatic rings. The number of methoxy groups -OCH3 is 1. The molecule has 2 rings (SSSR count). The molecule has 0 fully saturated rings. The van der Waals surface area contributed by atoms with Gasteiger partial charge < -0.3 is 4.74 Å². The summed E-state index contributed by atoms with van der Waals surface area (Å²) in [6.45, 7) is 3.54. The lowest BCUT2D eigenvalue weighted by Gasteiger charge is -2.13. The van der Waals surface area contributed by atoms with Crippen molar-refractivity contribution < 1.29 is 22.3 Å². The fourth-order valence-corrected chi connectivity index (χ4v) is 3.73. The van der Waals surface area contributed by atoms with E-state index in [-0.39, 0.29) is 10.0 Å². The molecular formula is C16H15BrFNO4S. The first kappa shape index (κ1) is 18.4. The maximum atomic E-state index is 14.2. The highest BCUT2D eigenvalue weighted by atomic mass is 79.9. The minimum Gasteiger partial charge on any atom is -0.465 e. The van der Waals surface area contributed by atoms with Crippen LogP contribution in [0.4, 0.5) is 10.1 Å². The Morgan fingerprint density at radius 2 is 1.88 bits per heavy atom. The van der Waals surface area contributed by atoms with Gasteiger partial charge in [0.25, 0.3) is 10.0 Å². The van der Waals surface area contributed by atoms with Crippen LogP contribution in [0.3, 0.4) is 0 Å². The third-order valence-corrected chi connectivity index (χ3v) is 5.39. The topological polar surface area (TPSA) is 72.5 Å². The van der Waals surface area contributed by atoms with Gasteiger partial charge in [0.05, 0.1) is 18.4 Å². The Balaban J connectivity index is 2.53. The summed E-state index contributed by atoms with van der Waals surface area (Å²) in [5.41, 5.74) is 1.80. The van der Waals surface area contributed by atoms with Gasteiger partial charge in [-0.2, -0.15) is 0 Å². The molecule has 24 heavy (non-hydrogen) atoms. The van der Waals surface area contributed by atoms with Gasteiger partial charge in [-0.25, -0.2) is 17.6 Å². The molecule has 5 nitrogen and oxygen atoms in total. The minimum absolute atomic E-state index is 0.0831. The third kappa shape index (κ3) is 3.76. The zero-order valence-corrected chi connectivity index (χ0v) is 15.6. The molecule has 0 aliphatic carbocycles. The molecule has 0 spiro atoms. The zero-order chi connectivity index (χ0) is 18.1. The van der Waals surface area contributed by atoms with Crippen LogP contribution in [-0.4, -0.2) is 21.5 Å². The fraction of sp³-hybridized carbons (Fsp3) is 0.188. The van der Waals surface area contributed by atoms with E-state index >= 15 is 0 Å². The lowest BCUT2D eigenvalue weighted by molar-refractivity contribution is 0.0599. The van der Waals surface area contributed by atoms with Crippen molar-refractivity contribution in [3.05, 3.63) is 57.3 Å². The third-order valence-electron chi connectivity index (χ3n) is 3.35. The second kappa shape index (κ2) is 6.90. The van der Waals surface area contributed by atoms with Crippen molar-refractivity contribution in [2.75, 3.05) is 11.8 Å². The van der Waals surface area contributed by atoms with E-state index in [9.17, 15) is 17.6 Å². The molecular weight excluding hydrogens is 401 g/mol. The second-order valence-corrected chi connectivity index (χ2v) is 7.68. The number of carbonyl (C=O) groups excluding carboxylic acids is 1. The SMILES string of the molecule is COC(=O)c1cc(S(=O)(=O)Nc2cc(C)ccc2C)c(F)cc1Br. The van der Waals surface area contributed by atoms with Gasteiger partial charge in [-0.05, 0) is 59.1 Å². The van der Waals surface area contributed by atoms with Crippen LogP contribution >= 0.6 is 15.9 Å². The van der Waals surface area contributed by atoms with Gasteiger partial charge in [-0.3, -0.25) is 4.72 Å². The van der Waals surface area contributed by atoms with Crippen molar-refractivity contribution in [3.63, 3.8) is 0 Å². The Hall–Kier alpha value is -1.93. The minimum atomic E-state index is -4.22. The molecule has 128 valence electrons. The summed E-state index contributed by atoms with van der Waals surface area (Å²) in [7, 11) is -3.06. The maximum Gasteiger partial charge on any atom is 0.339 e. The number of carbonyl (C=O) groups is 1. The van der Waals surface area contributed by atoms with E-state index in [1.165, 1.54) is 0 Å².